The average molecular weight is 307 g/mol. The molecule has 0 unspecified atom stereocenters. The fourth-order valence-electron chi connectivity index (χ4n) is 1.52. The summed E-state index contributed by atoms with van der Waals surface area (Å²) in [4.78, 5) is 3.98. The number of hydrogen-bond donors (Lipinski definition) is 1. The van der Waals surface area contributed by atoms with Crippen molar-refractivity contribution in [1.82, 2.24) is 4.98 Å². The Balaban J connectivity index is 2.62. The Labute approximate surface area is 118 Å². The number of aromatic nitrogens is 1. The van der Waals surface area contributed by atoms with Gasteiger partial charge in [0.15, 0.2) is 0 Å². The number of pyridine rings is 1. The molecule has 0 fully saturated rings. The molecule has 1 N–H and O–H groups in total. The molecule has 18 heavy (non-hydrogen) atoms. The van der Waals surface area contributed by atoms with E-state index in [2.05, 4.69) is 4.98 Å². The van der Waals surface area contributed by atoms with Gasteiger partial charge in [-0.3, -0.25) is 0 Å². The predicted molar refractivity (Wildman–Crippen MR) is 70.6 cm³/mol. The zero-order valence-corrected chi connectivity index (χ0v) is 11.2. The summed E-state index contributed by atoms with van der Waals surface area (Å²) >= 11 is 17.9. The van der Waals surface area contributed by atoms with Gasteiger partial charge in [0.1, 0.15) is 11.5 Å². The lowest BCUT2D eigenvalue weighted by Gasteiger charge is -2.08. The van der Waals surface area contributed by atoms with Gasteiger partial charge in [-0.15, -0.1) is 0 Å². The molecule has 1 heterocycles. The second kappa shape index (κ2) is 5.41. The maximum atomic E-state index is 13.2. The summed E-state index contributed by atoms with van der Waals surface area (Å²) in [5.41, 5.74) is 0.777. The van der Waals surface area contributed by atoms with Crippen LogP contribution < -0.4 is 0 Å². The van der Waals surface area contributed by atoms with Crippen LogP contribution in [0.1, 0.15) is 5.69 Å². The first-order chi connectivity index (χ1) is 8.52. The lowest BCUT2D eigenvalue weighted by atomic mass is 10.1. The maximum absolute atomic E-state index is 13.2. The monoisotopic (exact) mass is 305 g/mol. The molecule has 6 heteroatoms. The van der Waals surface area contributed by atoms with E-state index in [-0.39, 0.29) is 5.69 Å². The third kappa shape index (κ3) is 2.59. The molecule has 2 aromatic rings. The quantitative estimate of drug-likeness (QED) is 0.895. The first-order valence-electron chi connectivity index (χ1n) is 4.94. The van der Waals surface area contributed by atoms with E-state index in [4.69, 9.17) is 39.9 Å². The number of halogens is 4. The molecular weight excluding hydrogens is 299 g/mol. The number of aliphatic hydroxyl groups is 1. The molecule has 0 bridgehead atoms. The van der Waals surface area contributed by atoms with Gasteiger partial charge < -0.3 is 5.11 Å². The van der Waals surface area contributed by atoms with E-state index in [0.717, 1.165) is 0 Å². The highest BCUT2D eigenvalue weighted by Crippen LogP contribution is 2.36. The second-order valence-corrected chi connectivity index (χ2v) is 4.78. The first kappa shape index (κ1) is 13.6. The standard InChI is InChI=1S/C12H7Cl3FNO/c13-6-3-7(14)12(8(15)4-6)10-2-1-9(16)11(5-18)17-10/h1-4,18H,5H2. The molecule has 0 radical (unpaired) electrons. The SMILES string of the molecule is OCc1nc(-c2c(Cl)cc(Cl)cc2Cl)ccc1F. The predicted octanol–water partition coefficient (Wildman–Crippen LogP) is 4.34. The third-order valence-electron chi connectivity index (χ3n) is 2.33. The van der Waals surface area contributed by atoms with E-state index in [1.54, 1.807) is 0 Å². The Morgan fingerprint density at radius 1 is 1.11 bits per heavy atom. The zero-order chi connectivity index (χ0) is 13.3. The highest BCUT2D eigenvalue weighted by atomic mass is 35.5. The van der Waals surface area contributed by atoms with Gasteiger partial charge >= 0.3 is 0 Å². The van der Waals surface area contributed by atoms with Crippen molar-refractivity contribution in [3.63, 3.8) is 0 Å². The summed E-state index contributed by atoms with van der Waals surface area (Å²) < 4.78 is 13.2. The topological polar surface area (TPSA) is 33.1 Å². The molecule has 2 rings (SSSR count). The van der Waals surface area contributed by atoms with Crippen LogP contribution >= 0.6 is 34.8 Å². The number of nitrogens with zero attached hydrogens (tertiary/aromatic N) is 1. The van der Waals surface area contributed by atoms with Gasteiger partial charge in [-0.25, -0.2) is 9.37 Å². The molecule has 0 amide bonds. The van der Waals surface area contributed by atoms with Crippen LogP contribution in [0.3, 0.4) is 0 Å². The Bertz CT molecular complexity index is 581. The van der Waals surface area contributed by atoms with Crippen LogP contribution in [0.4, 0.5) is 4.39 Å². The highest BCUT2D eigenvalue weighted by Gasteiger charge is 2.13. The molecule has 0 spiro atoms. The van der Waals surface area contributed by atoms with Crippen LogP contribution in [-0.2, 0) is 6.61 Å². The lowest BCUT2D eigenvalue weighted by molar-refractivity contribution is 0.270. The highest BCUT2D eigenvalue weighted by molar-refractivity contribution is 6.41. The Morgan fingerprint density at radius 3 is 2.28 bits per heavy atom. The summed E-state index contributed by atoms with van der Waals surface area (Å²) in [5.74, 6) is -0.581. The fraction of sp³-hybridized carbons (Fsp3) is 0.0833. The summed E-state index contributed by atoms with van der Waals surface area (Å²) in [5, 5.41) is 10.0. The molecule has 0 aliphatic carbocycles. The minimum absolute atomic E-state index is 0.0606. The van der Waals surface area contributed by atoms with Gasteiger partial charge in [-0.05, 0) is 24.3 Å². The Hall–Kier alpha value is -0.870. The zero-order valence-electron chi connectivity index (χ0n) is 8.92. The van der Waals surface area contributed by atoms with Gasteiger partial charge in [-0.1, -0.05) is 34.8 Å². The summed E-state index contributed by atoms with van der Waals surface area (Å²) in [7, 11) is 0. The van der Waals surface area contributed by atoms with Crippen molar-refractivity contribution < 1.29 is 9.50 Å². The van der Waals surface area contributed by atoms with Crippen LogP contribution in [-0.4, -0.2) is 10.1 Å². The minimum Gasteiger partial charge on any atom is -0.390 e. The molecule has 0 aliphatic rings. The fourth-order valence-corrected chi connectivity index (χ4v) is 2.53. The summed E-state index contributed by atoms with van der Waals surface area (Å²) in [6, 6.07) is 5.69. The smallest absolute Gasteiger partial charge is 0.147 e. The van der Waals surface area contributed by atoms with E-state index in [9.17, 15) is 4.39 Å². The molecule has 94 valence electrons. The molecule has 1 aromatic heterocycles. The van der Waals surface area contributed by atoms with Gasteiger partial charge in [0, 0.05) is 10.6 Å². The molecule has 0 atom stereocenters. The normalized spacial score (nSPS) is 10.7. The van der Waals surface area contributed by atoms with Crippen molar-refractivity contribution in [2.45, 2.75) is 6.61 Å². The van der Waals surface area contributed by atoms with E-state index in [0.29, 0.717) is 26.3 Å². The van der Waals surface area contributed by atoms with Crippen molar-refractivity contribution in [3.8, 4) is 11.3 Å². The van der Waals surface area contributed by atoms with Crippen LogP contribution in [0, 0.1) is 5.82 Å². The molecule has 2 nitrogen and oxygen atoms in total. The largest absolute Gasteiger partial charge is 0.390 e. The van der Waals surface area contributed by atoms with Crippen molar-refractivity contribution in [3.05, 3.63) is 50.8 Å². The summed E-state index contributed by atoms with van der Waals surface area (Å²) in [6.07, 6.45) is 0. The summed E-state index contributed by atoms with van der Waals surface area (Å²) in [6.45, 7) is -0.498. The number of aliphatic hydroxyl groups excluding tert-OH is 1. The minimum atomic E-state index is -0.581. The number of rotatable bonds is 2. The molecule has 0 saturated heterocycles. The van der Waals surface area contributed by atoms with Gasteiger partial charge in [-0.2, -0.15) is 0 Å². The van der Waals surface area contributed by atoms with Crippen molar-refractivity contribution in [1.29, 1.82) is 0 Å². The van der Waals surface area contributed by atoms with E-state index in [1.165, 1.54) is 24.3 Å². The second-order valence-electron chi connectivity index (χ2n) is 3.53. The Morgan fingerprint density at radius 2 is 1.72 bits per heavy atom. The van der Waals surface area contributed by atoms with Crippen molar-refractivity contribution in [2.75, 3.05) is 0 Å². The molecule has 0 saturated carbocycles. The van der Waals surface area contributed by atoms with Crippen LogP contribution in [0.15, 0.2) is 24.3 Å². The van der Waals surface area contributed by atoms with Gasteiger partial charge in [0.05, 0.1) is 22.3 Å². The van der Waals surface area contributed by atoms with Crippen molar-refractivity contribution >= 4 is 34.8 Å². The van der Waals surface area contributed by atoms with Gasteiger partial charge in [0.25, 0.3) is 0 Å². The maximum Gasteiger partial charge on any atom is 0.147 e. The van der Waals surface area contributed by atoms with Crippen LogP contribution in [0.5, 0.6) is 0 Å². The molecule has 1 aromatic carbocycles. The first-order valence-corrected chi connectivity index (χ1v) is 6.07. The van der Waals surface area contributed by atoms with E-state index >= 15 is 0 Å². The van der Waals surface area contributed by atoms with E-state index in [1.807, 2.05) is 0 Å². The lowest BCUT2D eigenvalue weighted by Crippen LogP contribution is -1.97. The van der Waals surface area contributed by atoms with E-state index < -0.39 is 12.4 Å². The molecular formula is C12H7Cl3FNO. The average Bonchev–Trinajstić information content (AvgIpc) is 2.30. The molecule has 0 aliphatic heterocycles. The van der Waals surface area contributed by atoms with Crippen molar-refractivity contribution in [2.24, 2.45) is 0 Å². The van der Waals surface area contributed by atoms with Crippen LogP contribution in [0.25, 0.3) is 11.3 Å². The number of benzene rings is 1. The van der Waals surface area contributed by atoms with Gasteiger partial charge in [0.2, 0.25) is 0 Å². The number of hydrogen-bond acceptors (Lipinski definition) is 2. The Kier molecular flexibility index (Phi) is 4.07. The van der Waals surface area contributed by atoms with Crippen LogP contribution in [0.2, 0.25) is 15.1 Å². The third-order valence-corrected chi connectivity index (χ3v) is 3.15.